The lowest BCUT2D eigenvalue weighted by molar-refractivity contribution is -0.119. The minimum atomic E-state index is -2.67. The van der Waals surface area contributed by atoms with Crippen LogP contribution < -0.4 is 11.4 Å². The number of carbonyl (C=O) groups excluding carboxylic acids is 1. The summed E-state index contributed by atoms with van der Waals surface area (Å²) in [7, 11) is -2.67. The predicted octanol–water partition coefficient (Wildman–Crippen LogP) is 1.84. The molecule has 3 N–H and O–H groups in total. The van der Waals surface area contributed by atoms with E-state index in [1.165, 1.54) is 4.57 Å². The summed E-state index contributed by atoms with van der Waals surface area (Å²) in [6, 6.07) is 1.55. The third-order valence-corrected chi connectivity index (χ3v) is 6.79. The molecule has 1 fully saturated rings. The van der Waals surface area contributed by atoms with Crippen LogP contribution in [0.3, 0.4) is 0 Å². The van der Waals surface area contributed by atoms with E-state index >= 15 is 0 Å². The van der Waals surface area contributed by atoms with Crippen molar-refractivity contribution in [2.45, 2.75) is 45.9 Å². The van der Waals surface area contributed by atoms with E-state index < -0.39 is 25.6 Å². The zero-order chi connectivity index (χ0) is 22.3. The Morgan fingerprint density at radius 1 is 1.47 bits per heavy atom. The SMILES string of the molecule is C[C@H]1C[C@@H](CCO[PH](=O)OCCSC(=O)C(C)(C)CO)O[C@H]1n1ccc(N)nc1=O. The van der Waals surface area contributed by atoms with Gasteiger partial charge in [0.1, 0.15) is 12.0 Å². The monoisotopic (exact) mass is 463 g/mol. The molecule has 30 heavy (non-hydrogen) atoms. The molecule has 0 amide bonds. The molecule has 12 heteroatoms. The maximum absolute atomic E-state index is 12.0. The molecule has 1 aliphatic heterocycles. The normalized spacial score (nSPS) is 22.9. The minimum absolute atomic E-state index is 0.101. The number of anilines is 1. The maximum Gasteiger partial charge on any atom is 0.351 e. The lowest BCUT2D eigenvalue weighted by atomic mass is 9.97. The number of hydrogen-bond donors (Lipinski definition) is 2. The highest BCUT2D eigenvalue weighted by Crippen LogP contribution is 2.35. The van der Waals surface area contributed by atoms with E-state index in [2.05, 4.69) is 4.98 Å². The van der Waals surface area contributed by atoms with Crippen LogP contribution in [-0.2, 0) is 23.1 Å². The zero-order valence-electron chi connectivity index (χ0n) is 17.4. The molecule has 0 aromatic carbocycles. The van der Waals surface area contributed by atoms with Gasteiger partial charge in [0.05, 0.1) is 31.3 Å². The van der Waals surface area contributed by atoms with Crippen LogP contribution in [0.1, 0.15) is 39.8 Å². The lowest BCUT2D eigenvalue weighted by Gasteiger charge is -2.18. The Balaban J connectivity index is 1.66. The number of aromatic nitrogens is 2. The molecule has 0 bridgehead atoms. The summed E-state index contributed by atoms with van der Waals surface area (Å²) in [5, 5.41) is 9.01. The van der Waals surface area contributed by atoms with Gasteiger partial charge < -0.3 is 24.6 Å². The van der Waals surface area contributed by atoms with Crippen molar-refractivity contribution in [1.29, 1.82) is 0 Å². The smallest absolute Gasteiger partial charge is 0.351 e. The Bertz CT molecular complexity index is 804. The van der Waals surface area contributed by atoms with Gasteiger partial charge in [-0.1, -0.05) is 18.7 Å². The maximum atomic E-state index is 12.0. The summed E-state index contributed by atoms with van der Waals surface area (Å²) in [6.07, 6.45) is 2.24. The lowest BCUT2D eigenvalue weighted by Crippen LogP contribution is -2.29. The Kier molecular flexibility index (Phi) is 9.52. The number of aliphatic hydroxyl groups is 1. The van der Waals surface area contributed by atoms with Crippen molar-refractivity contribution in [3.8, 4) is 0 Å². The molecule has 0 saturated carbocycles. The molecule has 1 aromatic rings. The van der Waals surface area contributed by atoms with E-state index in [9.17, 15) is 14.2 Å². The first-order chi connectivity index (χ1) is 14.1. The Morgan fingerprint density at radius 2 is 2.17 bits per heavy atom. The van der Waals surface area contributed by atoms with Gasteiger partial charge in [-0.05, 0) is 32.8 Å². The van der Waals surface area contributed by atoms with Crippen LogP contribution in [0.25, 0.3) is 0 Å². The summed E-state index contributed by atoms with van der Waals surface area (Å²) in [4.78, 5) is 27.6. The summed E-state index contributed by atoms with van der Waals surface area (Å²) < 4.78 is 29.6. The number of hydrogen-bond acceptors (Lipinski definition) is 10. The molecule has 1 aromatic heterocycles. The first-order valence-electron chi connectivity index (χ1n) is 9.72. The number of nitrogen functional groups attached to an aromatic ring is 1. The van der Waals surface area contributed by atoms with Gasteiger partial charge in [0, 0.05) is 17.9 Å². The fourth-order valence-electron chi connectivity index (χ4n) is 2.90. The molecule has 2 heterocycles. The van der Waals surface area contributed by atoms with Gasteiger partial charge >= 0.3 is 13.9 Å². The molecular formula is C18H30N3O7PS. The van der Waals surface area contributed by atoms with Crippen LogP contribution in [0.5, 0.6) is 0 Å². The average molecular weight is 463 g/mol. The number of aliphatic hydroxyl groups excluding tert-OH is 1. The highest BCUT2D eigenvalue weighted by Gasteiger charge is 2.34. The number of rotatable bonds is 11. The minimum Gasteiger partial charge on any atom is -0.395 e. The number of nitrogens with two attached hydrogens (primary N) is 1. The van der Waals surface area contributed by atoms with Gasteiger partial charge in [-0.15, -0.1) is 0 Å². The topological polar surface area (TPSA) is 143 Å². The second kappa shape index (κ2) is 11.4. The molecule has 1 saturated heterocycles. The molecule has 10 nitrogen and oxygen atoms in total. The second-order valence-corrected chi connectivity index (χ2v) is 9.96. The first-order valence-corrected chi connectivity index (χ1v) is 11.9. The van der Waals surface area contributed by atoms with Crippen LogP contribution in [0.15, 0.2) is 17.1 Å². The van der Waals surface area contributed by atoms with E-state index in [1.807, 2.05) is 6.92 Å². The molecule has 1 unspecified atom stereocenters. The molecule has 1 aliphatic rings. The molecule has 4 atom stereocenters. The Morgan fingerprint density at radius 3 is 2.83 bits per heavy atom. The quantitative estimate of drug-likeness (QED) is 0.368. The Labute approximate surface area is 180 Å². The van der Waals surface area contributed by atoms with Crippen LogP contribution >= 0.6 is 20.0 Å². The summed E-state index contributed by atoms with van der Waals surface area (Å²) in [5.74, 6) is 0.595. The number of ether oxygens (including phenoxy) is 1. The van der Waals surface area contributed by atoms with Crippen LogP contribution in [0, 0.1) is 11.3 Å². The molecule has 0 aliphatic carbocycles. The number of thioether (sulfide) groups is 1. The highest BCUT2D eigenvalue weighted by molar-refractivity contribution is 8.13. The average Bonchev–Trinajstić information content (AvgIpc) is 3.05. The van der Waals surface area contributed by atoms with Gasteiger partial charge in [0.15, 0.2) is 5.12 Å². The van der Waals surface area contributed by atoms with Gasteiger partial charge in [0.25, 0.3) is 0 Å². The second-order valence-electron chi connectivity index (χ2n) is 7.82. The van der Waals surface area contributed by atoms with E-state index in [4.69, 9.17) is 24.6 Å². The number of nitrogens with zero attached hydrogens (tertiary/aromatic N) is 2. The third-order valence-electron chi connectivity index (χ3n) is 4.72. The van der Waals surface area contributed by atoms with Crippen molar-refractivity contribution in [3.63, 3.8) is 0 Å². The molecule has 0 radical (unpaired) electrons. The van der Waals surface area contributed by atoms with Crippen LogP contribution in [0.2, 0.25) is 0 Å². The van der Waals surface area contributed by atoms with Gasteiger partial charge in [0.2, 0.25) is 0 Å². The van der Waals surface area contributed by atoms with Crippen LogP contribution in [0.4, 0.5) is 5.82 Å². The number of carbonyl (C=O) groups is 1. The fourth-order valence-corrected chi connectivity index (χ4v) is 4.49. The predicted molar refractivity (Wildman–Crippen MR) is 114 cm³/mol. The molecule has 2 rings (SSSR count). The van der Waals surface area contributed by atoms with Crippen LogP contribution in [-0.4, -0.2) is 51.5 Å². The van der Waals surface area contributed by atoms with E-state index in [1.54, 1.807) is 26.1 Å². The van der Waals surface area contributed by atoms with Crippen molar-refractivity contribution in [2.24, 2.45) is 11.3 Å². The van der Waals surface area contributed by atoms with Crippen molar-refractivity contribution in [2.75, 3.05) is 31.3 Å². The van der Waals surface area contributed by atoms with Gasteiger partial charge in [-0.25, -0.2) is 4.79 Å². The van der Waals surface area contributed by atoms with Crippen molar-refractivity contribution < 1.29 is 28.3 Å². The molecular weight excluding hydrogens is 433 g/mol. The summed E-state index contributed by atoms with van der Waals surface area (Å²) in [6.45, 7) is 5.38. The standard InChI is InChI=1S/C18H30N3O7PS/c1-12-10-13(28-15(12)21-6-4-14(19)20-17(21)24)5-7-26-29(25)27-8-9-30-16(23)18(2,3)11-22/h4,6,12-13,15,22,29H,5,7-11H2,1-3H3,(H2,19,20,24)/t12-,13+,15+/m0/s1. The van der Waals surface area contributed by atoms with Gasteiger partial charge in [-0.2, -0.15) is 4.98 Å². The van der Waals surface area contributed by atoms with Crippen molar-refractivity contribution in [3.05, 3.63) is 22.7 Å². The Hall–Kier alpha value is -1.23. The van der Waals surface area contributed by atoms with Crippen molar-refractivity contribution >= 4 is 30.9 Å². The van der Waals surface area contributed by atoms with E-state index in [0.717, 1.165) is 18.2 Å². The first kappa shape index (κ1) is 25.0. The van der Waals surface area contributed by atoms with Crippen molar-refractivity contribution in [1.82, 2.24) is 9.55 Å². The zero-order valence-corrected chi connectivity index (χ0v) is 19.2. The molecule has 170 valence electrons. The summed E-state index contributed by atoms with van der Waals surface area (Å²) >= 11 is 1.03. The van der Waals surface area contributed by atoms with E-state index in [-0.39, 0.29) is 42.8 Å². The fraction of sp³-hybridized carbons (Fsp3) is 0.722. The largest absolute Gasteiger partial charge is 0.395 e. The molecule has 0 spiro atoms. The van der Waals surface area contributed by atoms with Gasteiger partial charge in [-0.3, -0.25) is 13.9 Å². The van der Waals surface area contributed by atoms with E-state index in [0.29, 0.717) is 12.2 Å². The highest BCUT2D eigenvalue weighted by atomic mass is 32.2. The summed E-state index contributed by atoms with van der Waals surface area (Å²) in [5.41, 5.74) is 4.25. The third kappa shape index (κ3) is 7.18.